The van der Waals surface area contributed by atoms with Gasteiger partial charge in [0.1, 0.15) is 0 Å². The highest BCUT2D eigenvalue weighted by Gasteiger charge is 2.17. The quantitative estimate of drug-likeness (QED) is 0.481. The van der Waals surface area contributed by atoms with Crippen molar-refractivity contribution in [2.45, 2.75) is 12.8 Å². The van der Waals surface area contributed by atoms with E-state index in [4.69, 9.17) is 0 Å². The lowest BCUT2D eigenvalue weighted by Gasteiger charge is -2.11. The van der Waals surface area contributed by atoms with E-state index in [1.54, 1.807) is 0 Å². The van der Waals surface area contributed by atoms with Crippen LogP contribution in [0.25, 0.3) is 0 Å². The van der Waals surface area contributed by atoms with Crippen LogP contribution in [0.4, 0.5) is 0 Å². The largest absolute Gasteiger partial charge is 0.0882 e. The van der Waals surface area contributed by atoms with E-state index >= 15 is 0 Å². The predicted molar refractivity (Wildman–Crippen MR) is 43.6 cm³/mol. The average Bonchev–Trinajstić information content (AvgIpc) is 2.59. The lowest BCUT2D eigenvalue weighted by molar-refractivity contribution is 0.550. The molecule has 0 aromatic heterocycles. The van der Waals surface area contributed by atoms with Crippen molar-refractivity contribution in [3.05, 3.63) is 36.5 Å². The molecule has 2 aliphatic carbocycles. The van der Waals surface area contributed by atoms with Crippen LogP contribution in [0, 0.1) is 11.8 Å². The monoisotopic (exact) mass is 132 g/mol. The van der Waals surface area contributed by atoms with Crippen LogP contribution in [0.5, 0.6) is 0 Å². The topological polar surface area (TPSA) is 0 Å². The van der Waals surface area contributed by atoms with Crippen molar-refractivity contribution in [1.29, 1.82) is 0 Å². The van der Waals surface area contributed by atoms with Crippen molar-refractivity contribution < 1.29 is 0 Å². The van der Waals surface area contributed by atoms with Crippen LogP contribution in [-0.4, -0.2) is 0 Å². The van der Waals surface area contributed by atoms with Crippen molar-refractivity contribution in [3.63, 3.8) is 0 Å². The van der Waals surface area contributed by atoms with Crippen LogP contribution in [0.1, 0.15) is 12.8 Å². The molecule has 2 aliphatic rings. The Bertz CT molecular complexity index is 184. The summed E-state index contributed by atoms with van der Waals surface area (Å²) >= 11 is 0. The van der Waals surface area contributed by atoms with Crippen LogP contribution >= 0.6 is 0 Å². The third-order valence-corrected chi connectivity index (χ3v) is 2.32. The molecule has 0 saturated heterocycles. The molecule has 52 valence electrons. The zero-order valence-corrected chi connectivity index (χ0v) is 6.03. The Morgan fingerprint density at radius 1 is 1.00 bits per heavy atom. The fourth-order valence-electron chi connectivity index (χ4n) is 1.71. The molecule has 1 atom stereocenters. The van der Waals surface area contributed by atoms with Gasteiger partial charge in [-0.3, -0.25) is 0 Å². The van der Waals surface area contributed by atoms with Gasteiger partial charge in [0.25, 0.3) is 0 Å². The van der Waals surface area contributed by atoms with E-state index in [0.29, 0.717) is 5.92 Å². The van der Waals surface area contributed by atoms with E-state index in [-0.39, 0.29) is 0 Å². The summed E-state index contributed by atoms with van der Waals surface area (Å²) in [4.78, 5) is 0. The average molecular weight is 132 g/mol. The summed E-state index contributed by atoms with van der Waals surface area (Å²) < 4.78 is 0. The third-order valence-electron chi connectivity index (χ3n) is 2.32. The lowest BCUT2D eigenvalue weighted by Crippen LogP contribution is -2.02. The van der Waals surface area contributed by atoms with Crippen molar-refractivity contribution in [2.75, 3.05) is 0 Å². The van der Waals surface area contributed by atoms with Gasteiger partial charge in [0.15, 0.2) is 0 Å². The molecule has 0 spiro atoms. The van der Waals surface area contributed by atoms with E-state index in [2.05, 4.69) is 36.5 Å². The maximum Gasteiger partial charge on any atom is 0.00157 e. The predicted octanol–water partition coefficient (Wildman–Crippen LogP) is 2.69. The second-order valence-electron chi connectivity index (χ2n) is 3.02. The van der Waals surface area contributed by atoms with Crippen LogP contribution < -0.4 is 0 Å². The maximum absolute atomic E-state index is 2.35. The third kappa shape index (κ3) is 0.942. The molecule has 0 nitrogen and oxygen atoms in total. The van der Waals surface area contributed by atoms with E-state index in [9.17, 15) is 0 Å². The smallest absolute Gasteiger partial charge is 0.00157 e. The Kier molecular flexibility index (Phi) is 1.46. The van der Waals surface area contributed by atoms with Crippen LogP contribution in [0.3, 0.4) is 0 Å². The van der Waals surface area contributed by atoms with Crippen LogP contribution in [0.15, 0.2) is 36.5 Å². The summed E-state index contributed by atoms with van der Waals surface area (Å²) in [5, 5.41) is 0. The van der Waals surface area contributed by atoms with Gasteiger partial charge >= 0.3 is 0 Å². The highest BCUT2D eigenvalue weighted by Crippen LogP contribution is 2.29. The molecule has 0 aliphatic heterocycles. The molecule has 0 radical (unpaired) electrons. The van der Waals surface area contributed by atoms with E-state index < -0.39 is 0 Å². The Morgan fingerprint density at radius 3 is 2.40 bits per heavy atom. The molecule has 0 aromatic rings. The minimum Gasteiger partial charge on any atom is -0.0882 e. The summed E-state index contributed by atoms with van der Waals surface area (Å²) in [6, 6.07) is 0. The van der Waals surface area contributed by atoms with Gasteiger partial charge in [-0.2, -0.15) is 0 Å². The van der Waals surface area contributed by atoms with Gasteiger partial charge in [-0.1, -0.05) is 36.5 Å². The van der Waals surface area contributed by atoms with Gasteiger partial charge in [0.2, 0.25) is 0 Å². The number of allylic oxidation sites excluding steroid dienone is 6. The van der Waals surface area contributed by atoms with Gasteiger partial charge in [0, 0.05) is 5.92 Å². The van der Waals surface area contributed by atoms with Crippen molar-refractivity contribution in [3.8, 4) is 0 Å². The summed E-state index contributed by atoms with van der Waals surface area (Å²) in [5.74, 6) is 1.51. The van der Waals surface area contributed by atoms with Gasteiger partial charge < -0.3 is 0 Å². The Morgan fingerprint density at radius 2 is 1.80 bits per heavy atom. The number of rotatable bonds is 1. The van der Waals surface area contributed by atoms with E-state index in [1.165, 1.54) is 12.8 Å². The molecular weight excluding hydrogens is 120 g/mol. The summed E-state index contributed by atoms with van der Waals surface area (Å²) in [7, 11) is 0. The molecule has 0 fully saturated rings. The molecule has 0 heteroatoms. The van der Waals surface area contributed by atoms with Gasteiger partial charge in [-0.25, -0.2) is 0 Å². The SMILES string of the molecule is C1=CC([C@@H]2C=CCC2)C=C1. The molecule has 0 bridgehead atoms. The molecule has 0 unspecified atom stereocenters. The van der Waals surface area contributed by atoms with Crippen LogP contribution in [0.2, 0.25) is 0 Å². The highest BCUT2D eigenvalue weighted by atomic mass is 14.2. The first-order valence-electron chi connectivity index (χ1n) is 3.98. The van der Waals surface area contributed by atoms with Crippen molar-refractivity contribution >= 4 is 0 Å². The Balaban J connectivity index is 2.05. The van der Waals surface area contributed by atoms with Gasteiger partial charge in [-0.15, -0.1) is 0 Å². The van der Waals surface area contributed by atoms with E-state index in [1.807, 2.05) is 0 Å². The normalized spacial score (nSPS) is 30.6. The minimum absolute atomic E-state index is 0.707. The van der Waals surface area contributed by atoms with Gasteiger partial charge in [0.05, 0.1) is 0 Å². The molecule has 0 heterocycles. The molecule has 0 amide bonds. The van der Waals surface area contributed by atoms with Crippen molar-refractivity contribution in [1.82, 2.24) is 0 Å². The molecular formula is C10H12. The molecule has 0 aromatic carbocycles. The summed E-state index contributed by atoms with van der Waals surface area (Å²) in [5.41, 5.74) is 0. The maximum atomic E-state index is 2.35. The lowest BCUT2D eigenvalue weighted by atomic mass is 9.93. The minimum atomic E-state index is 0.707. The Labute approximate surface area is 61.9 Å². The zero-order valence-electron chi connectivity index (χ0n) is 6.03. The van der Waals surface area contributed by atoms with Crippen molar-refractivity contribution in [2.24, 2.45) is 11.8 Å². The number of hydrogen-bond acceptors (Lipinski definition) is 0. The molecule has 0 saturated carbocycles. The molecule has 2 rings (SSSR count). The standard InChI is InChI=1S/C10H12/c1-2-6-9(5-1)10-7-3-4-8-10/h1-3,5-7,9-10H,4,8H2/t10-/m1/s1. The summed E-state index contributed by atoms with van der Waals surface area (Å²) in [6.45, 7) is 0. The molecule has 0 N–H and O–H groups in total. The number of hydrogen-bond donors (Lipinski definition) is 0. The molecule has 10 heavy (non-hydrogen) atoms. The Hall–Kier alpha value is -0.780. The second-order valence-corrected chi connectivity index (χ2v) is 3.02. The fourth-order valence-corrected chi connectivity index (χ4v) is 1.71. The first kappa shape index (κ1) is 5.96. The zero-order chi connectivity index (χ0) is 6.81. The highest BCUT2D eigenvalue weighted by molar-refractivity contribution is 5.21. The first-order valence-corrected chi connectivity index (χ1v) is 3.98. The fraction of sp³-hybridized carbons (Fsp3) is 0.400. The summed E-state index contributed by atoms with van der Waals surface area (Å²) in [6.07, 6.45) is 16.2. The van der Waals surface area contributed by atoms with Gasteiger partial charge in [-0.05, 0) is 18.8 Å². The van der Waals surface area contributed by atoms with Crippen LogP contribution in [-0.2, 0) is 0 Å². The second kappa shape index (κ2) is 2.45. The first-order chi connectivity index (χ1) is 4.97. The van der Waals surface area contributed by atoms with E-state index in [0.717, 1.165) is 5.92 Å².